The molecule has 1 aromatic rings. The molecule has 0 saturated carbocycles. The van der Waals surface area contributed by atoms with Gasteiger partial charge in [0.1, 0.15) is 11.0 Å². The quantitative estimate of drug-likeness (QED) is 0.544. The molecule has 1 atom stereocenters. The number of urea groups is 1. The first-order valence-electron chi connectivity index (χ1n) is 6.41. The van der Waals surface area contributed by atoms with Crippen molar-refractivity contribution in [2.75, 3.05) is 0 Å². The lowest BCUT2D eigenvalue weighted by molar-refractivity contribution is -0.139. The van der Waals surface area contributed by atoms with Crippen LogP contribution in [-0.2, 0) is 22.6 Å². The van der Waals surface area contributed by atoms with Gasteiger partial charge in [0, 0.05) is 17.5 Å². The van der Waals surface area contributed by atoms with E-state index >= 15 is 0 Å². The number of primary amides is 1. The lowest BCUT2D eigenvalue weighted by Gasteiger charge is -2.13. The van der Waals surface area contributed by atoms with Crippen molar-refractivity contribution in [3.05, 3.63) is 16.1 Å². The molecule has 8 nitrogen and oxygen atoms in total. The highest BCUT2D eigenvalue weighted by atomic mass is 32.1. The molecule has 21 heavy (non-hydrogen) atoms. The second-order valence-corrected chi connectivity index (χ2v) is 5.50. The Balaban J connectivity index is 2.42. The lowest BCUT2D eigenvalue weighted by Crippen LogP contribution is -2.46. The zero-order valence-corrected chi connectivity index (χ0v) is 12.4. The molecule has 5 N–H and O–H groups in total. The SMILES string of the molecule is CCc1cnc(CNC(=O)NC(CCC(N)=O)C(=O)O)s1. The number of hydrogen-bond acceptors (Lipinski definition) is 5. The molecular weight excluding hydrogens is 296 g/mol. The number of carbonyl (C=O) groups excluding carboxylic acids is 2. The van der Waals surface area contributed by atoms with Crippen molar-refractivity contribution < 1.29 is 19.5 Å². The Kier molecular flexibility index (Phi) is 6.60. The molecule has 0 aliphatic carbocycles. The van der Waals surface area contributed by atoms with Gasteiger partial charge >= 0.3 is 12.0 Å². The monoisotopic (exact) mass is 314 g/mol. The van der Waals surface area contributed by atoms with E-state index in [-0.39, 0.29) is 19.4 Å². The zero-order chi connectivity index (χ0) is 15.8. The summed E-state index contributed by atoms with van der Waals surface area (Å²) >= 11 is 1.48. The molecule has 9 heteroatoms. The zero-order valence-electron chi connectivity index (χ0n) is 11.6. The van der Waals surface area contributed by atoms with Crippen LogP contribution in [0.15, 0.2) is 6.20 Å². The third-order valence-electron chi connectivity index (χ3n) is 2.63. The first-order chi connectivity index (χ1) is 9.92. The Hall–Kier alpha value is -2.16. The molecule has 0 spiro atoms. The van der Waals surface area contributed by atoms with Crippen LogP contribution >= 0.6 is 11.3 Å². The third kappa shape index (κ3) is 6.21. The minimum Gasteiger partial charge on any atom is -0.480 e. The highest BCUT2D eigenvalue weighted by Gasteiger charge is 2.20. The van der Waals surface area contributed by atoms with Gasteiger partial charge in [0.2, 0.25) is 5.91 Å². The summed E-state index contributed by atoms with van der Waals surface area (Å²) in [6.45, 7) is 2.23. The van der Waals surface area contributed by atoms with Crippen LogP contribution in [0.3, 0.4) is 0 Å². The van der Waals surface area contributed by atoms with E-state index in [2.05, 4.69) is 15.6 Å². The molecule has 1 heterocycles. The number of carboxylic acid groups (broad SMARTS) is 1. The maximum Gasteiger partial charge on any atom is 0.326 e. The molecule has 0 aliphatic rings. The van der Waals surface area contributed by atoms with Crippen LogP contribution in [0.1, 0.15) is 29.7 Å². The van der Waals surface area contributed by atoms with Crippen molar-refractivity contribution in [2.45, 2.75) is 38.8 Å². The van der Waals surface area contributed by atoms with Crippen molar-refractivity contribution >= 4 is 29.2 Å². The smallest absolute Gasteiger partial charge is 0.326 e. The fourth-order valence-electron chi connectivity index (χ4n) is 1.50. The summed E-state index contributed by atoms with van der Waals surface area (Å²) in [5.74, 6) is -1.83. The van der Waals surface area contributed by atoms with E-state index in [4.69, 9.17) is 10.8 Å². The van der Waals surface area contributed by atoms with E-state index in [1.165, 1.54) is 11.3 Å². The van der Waals surface area contributed by atoms with Gasteiger partial charge < -0.3 is 21.5 Å². The summed E-state index contributed by atoms with van der Waals surface area (Å²) in [4.78, 5) is 38.5. The van der Waals surface area contributed by atoms with Gasteiger partial charge in [-0.15, -0.1) is 11.3 Å². The van der Waals surface area contributed by atoms with Gasteiger partial charge in [-0.1, -0.05) is 6.92 Å². The van der Waals surface area contributed by atoms with Crippen LogP contribution in [0.4, 0.5) is 4.79 Å². The van der Waals surface area contributed by atoms with Crippen molar-refractivity contribution in [3.8, 4) is 0 Å². The first-order valence-corrected chi connectivity index (χ1v) is 7.23. The predicted octanol–water partition coefficient (Wildman–Crippen LogP) is 0.223. The standard InChI is InChI=1S/C12H18N4O4S/c1-2-7-5-14-10(21-7)6-15-12(20)16-8(11(18)19)3-4-9(13)17/h5,8H,2-4,6H2,1H3,(H2,13,17)(H,18,19)(H2,15,16,20). The number of nitrogens with zero attached hydrogens (tertiary/aromatic N) is 1. The van der Waals surface area contributed by atoms with Crippen LogP contribution < -0.4 is 16.4 Å². The summed E-state index contributed by atoms with van der Waals surface area (Å²) in [6, 6.07) is -1.78. The maximum absolute atomic E-state index is 11.6. The number of aryl methyl sites for hydroxylation is 1. The maximum atomic E-state index is 11.6. The Bertz CT molecular complexity index is 517. The summed E-state index contributed by atoms with van der Waals surface area (Å²) < 4.78 is 0. The predicted molar refractivity (Wildman–Crippen MR) is 76.7 cm³/mol. The number of rotatable bonds is 8. The number of aromatic nitrogens is 1. The number of carbonyl (C=O) groups is 3. The summed E-state index contributed by atoms with van der Waals surface area (Å²) in [7, 11) is 0. The second kappa shape index (κ2) is 8.20. The molecule has 0 fully saturated rings. The van der Waals surface area contributed by atoms with Gasteiger partial charge in [-0.25, -0.2) is 14.6 Å². The highest BCUT2D eigenvalue weighted by Crippen LogP contribution is 2.12. The Morgan fingerprint density at radius 3 is 2.71 bits per heavy atom. The normalized spacial score (nSPS) is 11.7. The van der Waals surface area contributed by atoms with Gasteiger partial charge in [0.15, 0.2) is 0 Å². The van der Waals surface area contributed by atoms with Crippen LogP contribution in [0, 0.1) is 0 Å². The number of amides is 3. The Morgan fingerprint density at radius 2 is 2.19 bits per heavy atom. The highest BCUT2D eigenvalue weighted by molar-refractivity contribution is 7.11. The molecule has 1 rings (SSSR count). The number of nitrogens with one attached hydrogen (secondary N) is 2. The number of aliphatic carboxylic acids is 1. The van der Waals surface area contributed by atoms with E-state index in [1.807, 2.05) is 6.92 Å². The number of hydrogen-bond donors (Lipinski definition) is 4. The topological polar surface area (TPSA) is 134 Å². The Morgan fingerprint density at radius 1 is 1.48 bits per heavy atom. The van der Waals surface area contributed by atoms with E-state index in [1.54, 1.807) is 6.20 Å². The third-order valence-corrected chi connectivity index (χ3v) is 3.77. The molecule has 1 aromatic heterocycles. The van der Waals surface area contributed by atoms with Crippen LogP contribution in [0.25, 0.3) is 0 Å². The molecule has 116 valence electrons. The van der Waals surface area contributed by atoms with E-state index in [0.29, 0.717) is 0 Å². The summed E-state index contributed by atoms with van der Waals surface area (Å²) in [6.07, 6.45) is 2.46. The van der Waals surface area contributed by atoms with Crippen LogP contribution in [0.2, 0.25) is 0 Å². The number of thiazole rings is 1. The summed E-state index contributed by atoms with van der Waals surface area (Å²) in [5, 5.41) is 14.5. The number of nitrogens with two attached hydrogens (primary N) is 1. The van der Waals surface area contributed by atoms with Crippen molar-refractivity contribution in [1.82, 2.24) is 15.6 Å². The molecule has 0 radical (unpaired) electrons. The van der Waals surface area contributed by atoms with Crippen molar-refractivity contribution in [2.24, 2.45) is 5.73 Å². The van der Waals surface area contributed by atoms with Crippen LogP contribution in [0.5, 0.6) is 0 Å². The molecule has 1 unspecified atom stereocenters. The fourth-order valence-corrected chi connectivity index (χ4v) is 2.30. The average molecular weight is 314 g/mol. The van der Waals surface area contributed by atoms with Gasteiger partial charge in [0.05, 0.1) is 6.54 Å². The minimum absolute atomic E-state index is 0.0463. The van der Waals surface area contributed by atoms with Gasteiger partial charge in [-0.3, -0.25) is 4.79 Å². The summed E-state index contributed by atoms with van der Waals surface area (Å²) in [5.41, 5.74) is 4.95. The molecule has 0 saturated heterocycles. The lowest BCUT2D eigenvalue weighted by atomic mass is 10.1. The Labute approximate surface area is 125 Å². The fraction of sp³-hybridized carbons (Fsp3) is 0.500. The molecule has 0 bridgehead atoms. The van der Waals surface area contributed by atoms with E-state index in [0.717, 1.165) is 16.3 Å². The second-order valence-electron chi connectivity index (χ2n) is 4.30. The molecular formula is C12H18N4O4S. The van der Waals surface area contributed by atoms with Crippen molar-refractivity contribution in [1.29, 1.82) is 0 Å². The first kappa shape index (κ1) is 16.9. The minimum atomic E-state index is -1.21. The molecule has 0 aliphatic heterocycles. The van der Waals surface area contributed by atoms with E-state index < -0.39 is 23.9 Å². The largest absolute Gasteiger partial charge is 0.480 e. The van der Waals surface area contributed by atoms with Gasteiger partial charge in [-0.2, -0.15) is 0 Å². The molecule has 0 aromatic carbocycles. The van der Waals surface area contributed by atoms with Crippen molar-refractivity contribution in [3.63, 3.8) is 0 Å². The van der Waals surface area contributed by atoms with Crippen LogP contribution in [-0.4, -0.2) is 34.0 Å². The number of carboxylic acids is 1. The molecule has 3 amide bonds. The average Bonchev–Trinajstić information content (AvgIpc) is 2.88. The van der Waals surface area contributed by atoms with Gasteiger partial charge in [0.25, 0.3) is 0 Å². The van der Waals surface area contributed by atoms with E-state index in [9.17, 15) is 14.4 Å². The van der Waals surface area contributed by atoms with Gasteiger partial charge in [-0.05, 0) is 12.8 Å².